The molecule has 0 aliphatic carbocycles. The molecule has 152 valence electrons. The van der Waals surface area contributed by atoms with E-state index in [1.165, 1.54) is 12.3 Å². The molecule has 0 unspecified atom stereocenters. The second-order valence-corrected chi connectivity index (χ2v) is 8.96. The Labute approximate surface area is 165 Å². The quantitative estimate of drug-likeness (QED) is 0.784. The molecule has 1 N–H and O–H groups in total. The molecule has 1 aliphatic rings. The highest BCUT2D eigenvalue weighted by atomic mass is 32.2. The van der Waals surface area contributed by atoms with E-state index in [2.05, 4.69) is 19.9 Å². The van der Waals surface area contributed by atoms with Crippen LogP contribution in [-0.4, -0.2) is 59.6 Å². The highest BCUT2D eigenvalue weighted by molar-refractivity contribution is 7.88. The van der Waals surface area contributed by atoms with Gasteiger partial charge in [-0.1, -0.05) is 13.8 Å². The van der Waals surface area contributed by atoms with Gasteiger partial charge in [-0.25, -0.2) is 18.4 Å². The Hall–Kier alpha value is -2.26. The van der Waals surface area contributed by atoms with Crippen LogP contribution >= 0.6 is 0 Å². The van der Waals surface area contributed by atoms with E-state index in [0.717, 1.165) is 43.0 Å². The van der Waals surface area contributed by atoms with Gasteiger partial charge in [0.15, 0.2) is 0 Å². The molecule has 0 radical (unpaired) electrons. The standard InChI is InChI=1S/C19H27N5O3S/c1-4-15-12-18(25)22-19(21-15)14-6-7-17(20-13-14)23-10-8-16(9-11-23)24(5-2)28(3,26)27/h6-7,12-13,16H,4-5,8-11H2,1-3H3,(H,21,22,25). The zero-order valence-corrected chi connectivity index (χ0v) is 17.4. The van der Waals surface area contributed by atoms with Crippen LogP contribution in [0.15, 0.2) is 29.2 Å². The molecule has 0 atom stereocenters. The van der Waals surface area contributed by atoms with Gasteiger partial charge in [-0.15, -0.1) is 0 Å². The summed E-state index contributed by atoms with van der Waals surface area (Å²) in [7, 11) is -3.18. The third-order valence-corrected chi connectivity index (χ3v) is 6.52. The largest absolute Gasteiger partial charge is 0.357 e. The Balaban J connectivity index is 1.70. The average molecular weight is 406 g/mol. The minimum atomic E-state index is -3.18. The first-order valence-corrected chi connectivity index (χ1v) is 11.4. The molecule has 0 spiro atoms. The summed E-state index contributed by atoms with van der Waals surface area (Å²) in [5.41, 5.74) is 1.34. The predicted molar refractivity (Wildman–Crippen MR) is 110 cm³/mol. The summed E-state index contributed by atoms with van der Waals surface area (Å²) in [5.74, 6) is 1.37. The fourth-order valence-electron chi connectivity index (χ4n) is 3.69. The molecule has 1 saturated heterocycles. The molecule has 3 rings (SSSR count). The van der Waals surface area contributed by atoms with Gasteiger partial charge < -0.3 is 9.88 Å². The van der Waals surface area contributed by atoms with Gasteiger partial charge in [0.1, 0.15) is 11.6 Å². The Morgan fingerprint density at radius 3 is 2.50 bits per heavy atom. The van der Waals surface area contributed by atoms with Crippen LogP contribution in [0.5, 0.6) is 0 Å². The van der Waals surface area contributed by atoms with E-state index in [-0.39, 0.29) is 11.6 Å². The van der Waals surface area contributed by atoms with E-state index in [0.29, 0.717) is 18.8 Å². The maximum absolute atomic E-state index is 11.9. The smallest absolute Gasteiger partial charge is 0.251 e. The second-order valence-electron chi connectivity index (χ2n) is 7.03. The van der Waals surface area contributed by atoms with Crippen molar-refractivity contribution < 1.29 is 8.42 Å². The van der Waals surface area contributed by atoms with Crippen LogP contribution in [0.4, 0.5) is 5.82 Å². The Morgan fingerprint density at radius 1 is 1.25 bits per heavy atom. The van der Waals surface area contributed by atoms with E-state index in [9.17, 15) is 13.2 Å². The summed E-state index contributed by atoms with van der Waals surface area (Å²) in [6.45, 7) is 5.84. The van der Waals surface area contributed by atoms with E-state index in [1.807, 2.05) is 26.0 Å². The predicted octanol–water partition coefficient (Wildman–Crippen LogP) is 1.64. The summed E-state index contributed by atoms with van der Waals surface area (Å²) in [4.78, 5) is 25.7. The van der Waals surface area contributed by atoms with Crippen LogP contribution in [0.25, 0.3) is 11.4 Å². The molecular formula is C19H27N5O3S. The topological polar surface area (TPSA) is 99.3 Å². The number of nitrogens with one attached hydrogen (secondary N) is 1. The van der Waals surface area contributed by atoms with Crippen LogP contribution in [-0.2, 0) is 16.4 Å². The van der Waals surface area contributed by atoms with Crippen LogP contribution in [0.1, 0.15) is 32.4 Å². The molecule has 9 heteroatoms. The maximum Gasteiger partial charge on any atom is 0.251 e. The molecule has 0 bridgehead atoms. The summed E-state index contributed by atoms with van der Waals surface area (Å²) >= 11 is 0. The number of sulfonamides is 1. The van der Waals surface area contributed by atoms with Crippen molar-refractivity contribution in [1.29, 1.82) is 0 Å². The fourth-order valence-corrected chi connectivity index (χ4v) is 4.91. The van der Waals surface area contributed by atoms with Gasteiger partial charge in [0, 0.05) is 49.2 Å². The minimum Gasteiger partial charge on any atom is -0.357 e. The van der Waals surface area contributed by atoms with Crippen molar-refractivity contribution >= 4 is 15.8 Å². The summed E-state index contributed by atoms with van der Waals surface area (Å²) in [6, 6.07) is 5.37. The molecular weight excluding hydrogens is 378 g/mol. The summed E-state index contributed by atoms with van der Waals surface area (Å²) in [5, 5.41) is 0. The van der Waals surface area contributed by atoms with Gasteiger partial charge in [0.05, 0.1) is 6.26 Å². The summed E-state index contributed by atoms with van der Waals surface area (Å²) in [6.07, 6.45) is 5.23. The van der Waals surface area contributed by atoms with Gasteiger partial charge >= 0.3 is 0 Å². The fraction of sp³-hybridized carbons (Fsp3) is 0.526. The lowest BCUT2D eigenvalue weighted by Gasteiger charge is -2.37. The number of pyridine rings is 1. The van der Waals surface area contributed by atoms with E-state index in [1.54, 1.807) is 10.5 Å². The van der Waals surface area contributed by atoms with Crippen molar-refractivity contribution in [1.82, 2.24) is 19.3 Å². The van der Waals surface area contributed by atoms with Crippen LogP contribution in [0.2, 0.25) is 0 Å². The van der Waals surface area contributed by atoms with Gasteiger partial charge in [-0.05, 0) is 31.4 Å². The van der Waals surface area contributed by atoms with Crippen molar-refractivity contribution in [2.24, 2.45) is 0 Å². The lowest BCUT2D eigenvalue weighted by Crippen LogP contribution is -2.47. The van der Waals surface area contributed by atoms with Crippen molar-refractivity contribution in [3.05, 3.63) is 40.4 Å². The maximum atomic E-state index is 11.9. The zero-order valence-electron chi connectivity index (χ0n) is 16.6. The first-order valence-electron chi connectivity index (χ1n) is 9.60. The Kier molecular flexibility index (Phi) is 6.14. The number of anilines is 1. The van der Waals surface area contributed by atoms with Crippen molar-refractivity contribution in [3.8, 4) is 11.4 Å². The van der Waals surface area contributed by atoms with E-state index >= 15 is 0 Å². The lowest BCUT2D eigenvalue weighted by atomic mass is 10.0. The first-order chi connectivity index (χ1) is 13.3. The third-order valence-electron chi connectivity index (χ3n) is 5.11. The van der Waals surface area contributed by atoms with Gasteiger partial charge in [-0.3, -0.25) is 4.79 Å². The third kappa shape index (κ3) is 4.59. The Bertz CT molecular complexity index is 964. The minimum absolute atomic E-state index is 0.0431. The number of nitrogens with zero attached hydrogens (tertiary/aromatic N) is 4. The number of aromatic nitrogens is 3. The van der Waals surface area contributed by atoms with Crippen molar-refractivity contribution in [2.75, 3.05) is 30.8 Å². The van der Waals surface area contributed by atoms with E-state index < -0.39 is 10.0 Å². The van der Waals surface area contributed by atoms with Crippen molar-refractivity contribution in [2.45, 2.75) is 39.2 Å². The number of H-pyrrole nitrogens is 1. The number of hydrogen-bond acceptors (Lipinski definition) is 6. The van der Waals surface area contributed by atoms with Gasteiger partial charge in [0.2, 0.25) is 10.0 Å². The number of hydrogen-bond donors (Lipinski definition) is 1. The molecule has 0 amide bonds. The van der Waals surface area contributed by atoms with Gasteiger partial charge in [-0.2, -0.15) is 4.31 Å². The first kappa shape index (κ1) is 20.5. The molecule has 28 heavy (non-hydrogen) atoms. The number of rotatable bonds is 6. The lowest BCUT2D eigenvalue weighted by molar-refractivity contribution is 0.285. The monoisotopic (exact) mass is 405 g/mol. The Morgan fingerprint density at radius 2 is 1.96 bits per heavy atom. The van der Waals surface area contributed by atoms with Gasteiger partial charge in [0.25, 0.3) is 5.56 Å². The number of piperidine rings is 1. The van der Waals surface area contributed by atoms with E-state index in [4.69, 9.17) is 0 Å². The molecule has 3 heterocycles. The van der Waals surface area contributed by atoms with Crippen molar-refractivity contribution in [3.63, 3.8) is 0 Å². The number of aromatic amines is 1. The number of aryl methyl sites for hydroxylation is 1. The highest BCUT2D eigenvalue weighted by Crippen LogP contribution is 2.24. The molecule has 2 aromatic heterocycles. The van der Waals surface area contributed by atoms with Crippen LogP contribution in [0.3, 0.4) is 0 Å². The molecule has 8 nitrogen and oxygen atoms in total. The molecule has 0 saturated carbocycles. The highest BCUT2D eigenvalue weighted by Gasteiger charge is 2.29. The zero-order chi connectivity index (χ0) is 20.3. The average Bonchev–Trinajstić information content (AvgIpc) is 2.67. The molecule has 0 aromatic carbocycles. The normalized spacial score (nSPS) is 15.9. The second kappa shape index (κ2) is 8.40. The molecule has 1 aliphatic heterocycles. The van der Waals surface area contributed by atoms with Crippen LogP contribution in [0, 0.1) is 0 Å². The molecule has 1 fully saturated rings. The summed E-state index contributed by atoms with van der Waals surface area (Å²) < 4.78 is 25.4. The van der Waals surface area contributed by atoms with Crippen LogP contribution < -0.4 is 10.5 Å². The molecule has 2 aromatic rings. The SMILES string of the molecule is CCc1cc(=O)[nH]c(-c2ccc(N3CCC(N(CC)S(C)(=O)=O)CC3)nc2)n1.